The summed E-state index contributed by atoms with van der Waals surface area (Å²) < 4.78 is 21.0. The van der Waals surface area contributed by atoms with Crippen LogP contribution in [0.3, 0.4) is 0 Å². The Labute approximate surface area is 150 Å². The highest BCUT2D eigenvalue weighted by molar-refractivity contribution is 5.75. The number of hydrogen-bond acceptors (Lipinski definition) is 5. The minimum atomic E-state index is -0.357. The molecule has 0 aliphatic rings. The zero-order valence-corrected chi connectivity index (χ0v) is 14.7. The number of halogens is 1. The number of nitrogens with one attached hydrogen (secondary N) is 1. The molecule has 136 valence electrons. The number of carbonyl (C=O) groups excluding carboxylic acids is 1. The van der Waals surface area contributed by atoms with E-state index in [0.29, 0.717) is 48.1 Å². The SMILES string of the molecule is Cc1noc(CCCC(=O)NCc2ccc(-n3ccnc3C)c(F)c2)n1. The van der Waals surface area contributed by atoms with Gasteiger partial charge in [0.2, 0.25) is 11.8 Å². The lowest BCUT2D eigenvalue weighted by atomic mass is 10.1. The molecule has 0 aliphatic heterocycles. The van der Waals surface area contributed by atoms with Gasteiger partial charge in [0.1, 0.15) is 11.6 Å². The van der Waals surface area contributed by atoms with Gasteiger partial charge in [-0.05, 0) is 38.0 Å². The van der Waals surface area contributed by atoms with E-state index in [-0.39, 0.29) is 18.3 Å². The Kier molecular flexibility index (Phi) is 5.40. The molecule has 1 aromatic carbocycles. The number of amides is 1. The van der Waals surface area contributed by atoms with Gasteiger partial charge in [-0.15, -0.1) is 0 Å². The van der Waals surface area contributed by atoms with E-state index in [9.17, 15) is 9.18 Å². The minimum absolute atomic E-state index is 0.101. The van der Waals surface area contributed by atoms with Gasteiger partial charge in [0.05, 0.1) is 5.69 Å². The summed E-state index contributed by atoms with van der Waals surface area (Å²) in [5, 5.41) is 6.49. The zero-order valence-electron chi connectivity index (χ0n) is 14.7. The van der Waals surface area contributed by atoms with Crippen molar-refractivity contribution in [2.75, 3.05) is 0 Å². The second kappa shape index (κ2) is 7.90. The van der Waals surface area contributed by atoms with Crippen molar-refractivity contribution in [3.63, 3.8) is 0 Å². The average molecular weight is 357 g/mol. The predicted molar refractivity (Wildman–Crippen MR) is 92.1 cm³/mol. The van der Waals surface area contributed by atoms with Gasteiger partial charge in [0.25, 0.3) is 0 Å². The highest BCUT2D eigenvalue weighted by atomic mass is 19.1. The fourth-order valence-electron chi connectivity index (χ4n) is 2.62. The lowest BCUT2D eigenvalue weighted by molar-refractivity contribution is -0.121. The molecular weight excluding hydrogens is 337 g/mol. The number of imidazole rings is 1. The molecule has 0 radical (unpaired) electrons. The molecule has 0 saturated heterocycles. The Balaban J connectivity index is 1.49. The maximum atomic E-state index is 14.3. The van der Waals surface area contributed by atoms with Crippen LogP contribution in [0.2, 0.25) is 0 Å². The van der Waals surface area contributed by atoms with Gasteiger partial charge >= 0.3 is 0 Å². The van der Waals surface area contributed by atoms with Gasteiger partial charge in [-0.3, -0.25) is 4.79 Å². The largest absolute Gasteiger partial charge is 0.352 e. The Morgan fingerprint density at radius 1 is 1.35 bits per heavy atom. The molecule has 1 amide bonds. The molecule has 26 heavy (non-hydrogen) atoms. The summed E-state index contributed by atoms with van der Waals surface area (Å²) in [6, 6.07) is 4.90. The number of aromatic nitrogens is 4. The molecule has 0 fully saturated rings. The van der Waals surface area contributed by atoms with Crippen LogP contribution in [0.25, 0.3) is 5.69 Å². The number of nitrogens with zero attached hydrogens (tertiary/aromatic N) is 4. The topological polar surface area (TPSA) is 85.8 Å². The Bertz CT molecular complexity index is 903. The van der Waals surface area contributed by atoms with Crippen molar-refractivity contribution < 1.29 is 13.7 Å². The molecule has 0 spiro atoms. The molecule has 8 heteroatoms. The van der Waals surface area contributed by atoms with Crippen molar-refractivity contribution in [1.82, 2.24) is 25.0 Å². The number of hydrogen-bond donors (Lipinski definition) is 1. The van der Waals surface area contributed by atoms with E-state index < -0.39 is 0 Å². The maximum absolute atomic E-state index is 14.3. The van der Waals surface area contributed by atoms with E-state index in [1.54, 1.807) is 36.0 Å². The highest BCUT2D eigenvalue weighted by Crippen LogP contribution is 2.16. The fourth-order valence-corrected chi connectivity index (χ4v) is 2.62. The number of benzene rings is 1. The predicted octanol–water partition coefficient (Wildman–Crippen LogP) is 2.65. The third kappa shape index (κ3) is 4.33. The van der Waals surface area contributed by atoms with Crippen LogP contribution in [0.4, 0.5) is 4.39 Å². The van der Waals surface area contributed by atoms with Gasteiger partial charge < -0.3 is 14.4 Å². The second-order valence-corrected chi connectivity index (χ2v) is 6.00. The fraction of sp³-hybridized carbons (Fsp3) is 0.333. The summed E-state index contributed by atoms with van der Waals surface area (Å²) in [6.07, 6.45) is 4.84. The molecule has 0 saturated carbocycles. The standard InChI is InChI=1S/C18H20FN5O2/c1-12-22-18(26-23-12)5-3-4-17(25)21-11-14-6-7-16(15(19)10-14)24-9-8-20-13(24)2/h6-10H,3-5,11H2,1-2H3,(H,21,25). The summed E-state index contributed by atoms with van der Waals surface area (Å²) in [7, 11) is 0. The van der Waals surface area contributed by atoms with E-state index in [2.05, 4.69) is 20.4 Å². The molecule has 3 rings (SSSR count). The first-order valence-corrected chi connectivity index (χ1v) is 8.37. The Hall–Kier alpha value is -3.03. The molecule has 0 bridgehead atoms. The maximum Gasteiger partial charge on any atom is 0.226 e. The molecule has 7 nitrogen and oxygen atoms in total. The van der Waals surface area contributed by atoms with Crippen LogP contribution in [0.15, 0.2) is 35.1 Å². The van der Waals surface area contributed by atoms with Crippen LogP contribution in [-0.2, 0) is 17.8 Å². The summed E-state index contributed by atoms with van der Waals surface area (Å²) >= 11 is 0. The summed E-state index contributed by atoms with van der Waals surface area (Å²) in [5.41, 5.74) is 1.13. The van der Waals surface area contributed by atoms with Gasteiger partial charge in [-0.25, -0.2) is 9.37 Å². The van der Waals surface area contributed by atoms with Gasteiger partial charge in [0, 0.05) is 31.8 Å². The van der Waals surface area contributed by atoms with Crippen LogP contribution in [0, 0.1) is 19.7 Å². The van der Waals surface area contributed by atoms with E-state index in [4.69, 9.17) is 4.52 Å². The smallest absolute Gasteiger partial charge is 0.226 e. The molecule has 3 aromatic rings. The molecule has 0 unspecified atom stereocenters. The first kappa shape index (κ1) is 17.8. The number of carbonyl (C=O) groups is 1. The molecule has 2 aromatic heterocycles. The van der Waals surface area contributed by atoms with Gasteiger partial charge in [-0.1, -0.05) is 11.2 Å². The molecule has 0 atom stereocenters. The zero-order chi connectivity index (χ0) is 18.5. The molecular formula is C18H20FN5O2. The molecule has 1 N–H and O–H groups in total. The first-order chi connectivity index (χ1) is 12.5. The normalized spacial score (nSPS) is 10.9. The van der Waals surface area contributed by atoms with Crippen LogP contribution in [0.1, 0.15) is 35.9 Å². The van der Waals surface area contributed by atoms with Crippen LogP contribution < -0.4 is 5.32 Å². The third-order valence-electron chi connectivity index (χ3n) is 3.95. The second-order valence-electron chi connectivity index (χ2n) is 6.00. The van der Waals surface area contributed by atoms with E-state index in [1.807, 2.05) is 6.92 Å². The first-order valence-electron chi connectivity index (χ1n) is 8.37. The highest BCUT2D eigenvalue weighted by Gasteiger charge is 2.09. The number of aryl methyl sites for hydroxylation is 3. The van der Waals surface area contributed by atoms with E-state index >= 15 is 0 Å². The lowest BCUT2D eigenvalue weighted by Gasteiger charge is -2.09. The quantitative estimate of drug-likeness (QED) is 0.702. The van der Waals surface area contributed by atoms with Crippen molar-refractivity contribution in [1.29, 1.82) is 0 Å². The molecule has 0 aliphatic carbocycles. The van der Waals surface area contributed by atoms with Crippen molar-refractivity contribution in [2.45, 2.75) is 39.7 Å². The third-order valence-corrected chi connectivity index (χ3v) is 3.95. The van der Waals surface area contributed by atoms with Crippen molar-refractivity contribution in [3.05, 3.63) is 59.5 Å². The minimum Gasteiger partial charge on any atom is -0.352 e. The van der Waals surface area contributed by atoms with Crippen molar-refractivity contribution in [2.24, 2.45) is 0 Å². The summed E-state index contributed by atoms with van der Waals surface area (Å²) in [6.45, 7) is 3.83. The van der Waals surface area contributed by atoms with E-state index in [1.165, 1.54) is 6.07 Å². The molecule has 2 heterocycles. The van der Waals surface area contributed by atoms with Crippen LogP contribution >= 0.6 is 0 Å². The summed E-state index contributed by atoms with van der Waals surface area (Å²) in [4.78, 5) is 20.1. The monoisotopic (exact) mass is 357 g/mol. The van der Waals surface area contributed by atoms with Gasteiger partial charge in [-0.2, -0.15) is 4.98 Å². The van der Waals surface area contributed by atoms with Gasteiger partial charge in [0.15, 0.2) is 5.82 Å². The van der Waals surface area contributed by atoms with E-state index in [0.717, 1.165) is 0 Å². The van der Waals surface area contributed by atoms with Crippen molar-refractivity contribution in [3.8, 4) is 5.69 Å². The average Bonchev–Trinajstić information content (AvgIpc) is 3.21. The number of rotatable bonds is 7. The van der Waals surface area contributed by atoms with Crippen molar-refractivity contribution >= 4 is 5.91 Å². The summed E-state index contributed by atoms with van der Waals surface area (Å²) in [5.74, 6) is 1.37. The lowest BCUT2D eigenvalue weighted by Crippen LogP contribution is -2.22. The van der Waals surface area contributed by atoms with Crippen LogP contribution in [-0.4, -0.2) is 25.6 Å². The Morgan fingerprint density at radius 2 is 2.19 bits per heavy atom. The van der Waals surface area contributed by atoms with Crippen LogP contribution in [0.5, 0.6) is 0 Å². The Morgan fingerprint density at radius 3 is 2.85 bits per heavy atom.